The van der Waals surface area contributed by atoms with Crippen LogP contribution in [0.3, 0.4) is 0 Å². The molecular weight excluding hydrogens is 238 g/mol. The lowest BCUT2D eigenvalue weighted by Gasteiger charge is -2.11. The van der Waals surface area contributed by atoms with Crippen molar-refractivity contribution in [2.24, 2.45) is 5.73 Å². The van der Waals surface area contributed by atoms with Gasteiger partial charge in [0.15, 0.2) is 5.82 Å². The number of hydrogen-bond donors (Lipinski definition) is 1. The van der Waals surface area contributed by atoms with E-state index in [2.05, 4.69) is 4.98 Å². The lowest BCUT2D eigenvalue weighted by Crippen LogP contribution is -2.14. The molecule has 0 bridgehead atoms. The highest BCUT2D eigenvalue weighted by atomic mass is 19.4. The molecular formula is C8H6F6N2. The van der Waals surface area contributed by atoms with Gasteiger partial charge in [-0.15, -0.1) is 0 Å². The number of rotatable bonds is 2. The third-order valence-corrected chi connectivity index (χ3v) is 1.78. The minimum atomic E-state index is -4.92. The molecule has 0 radical (unpaired) electrons. The van der Waals surface area contributed by atoms with E-state index in [4.69, 9.17) is 5.73 Å². The summed E-state index contributed by atoms with van der Waals surface area (Å²) in [5.74, 6) is -1.49. The summed E-state index contributed by atoms with van der Waals surface area (Å²) in [5, 5.41) is 0. The molecule has 2 nitrogen and oxygen atoms in total. The van der Waals surface area contributed by atoms with Crippen LogP contribution < -0.4 is 5.73 Å². The van der Waals surface area contributed by atoms with E-state index in [-0.39, 0.29) is 0 Å². The molecule has 90 valence electrons. The molecule has 0 aliphatic heterocycles. The van der Waals surface area contributed by atoms with Crippen LogP contribution in [0.1, 0.15) is 23.4 Å². The van der Waals surface area contributed by atoms with Crippen LogP contribution in [-0.4, -0.2) is 4.98 Å². The fraction of sp³-hybridized carbons (Fsp3) is 0.375. The second-order valence-corrected chi connectivity index (χ2v) is 2.87. The predicted octanol–water partition coefficient (Wildman–Crippen LogP) is 2.64. The Morgan fingerprint density at radius 2 is 1.88 bits per heavy atom. The summed E-state index contributed by atoms with van der Waals surface area (Å²) in [5.41, 5.74) is 1.20. The van der Waals surface area contributed by atoms with Crippen molar-refractivity contribution < 1.29 is 26.3 Å². The fourth-order valence-electron chi connectivity index (χ4n) is 1.04. The first-order valence-electron chi connectivity index (χ1n) is 4.02. The van der Waals surface area contributed by atoms with E-state index in [1.807, 2.05) is 0 Å². The zero-order valence-electron chi connectivity index (χ0n) is 7.65. The molecule has 1 heterocycles. The Bertz CT molecular complexity index is 387. The second-order valence-electron chi connectivity index (χ2n) is 2.87. The lowest BCUT2D eigenvalue weighted by molar-refractivity contribution is -0.141. The lowest BCUT2D eigenvalue weighted by atomic mass is 10.1. The number of alkyl halides is 5. The zero-order valence-corrected chi connectivity index (χ0v) is 7.65. The maximum Gasteiger partial charge on any atom is 0.433 e. The molecule has 0 atom stereocenters. The van der Waals surface area contributed by atoms with E-state index in [1.165, 1.54) is 0 Å². The van der Waals surface area contributed by atoms with Crippen LogP contribution in [-0.2, 0) is 12.7 Å². The summed E-state index contributed by atoms with van der Waals surface area (Å²) >= 11 is 0. The normalized spacial score (nSPS) is 12.2. The molecule has 0 unspecified atom stereocenters. The summed E-state index contributed by atoms with van der Waals surface area (Å²) in [6, 6.07) is 0.321. The molecule has 16 heavy (non-hydrogen) atoms. The molecule has 0 spiro atoms. The summed E-state index contributed by atoms with van der Waals surface area (Å²) in [6.45, 7) is -0.614. The molecule has 0 saturated carbocycles. The predicted molar refractivity (Wildman–Crippen MR) is 42.0 cm³/mol. The van der Waals surface area contributed by atoms with Crippen LogP contribution in [0, 0.1) is 5.82 Å². The highest BCUT2D eigenvalue weighted by Gasteiger charge is 2.35. The number of nitrogens with zero attached hydrogens (tertiary/aromatic N) is 1. The van der Waals surface area contributed by atoms with Gasteiger partial charge in [0, 0.05) is 12.1 Å². The van der Waals surface area contributed by atoms with E-state index in [1.54, 1.807) is 0 Å². The molecule has 1 aromatic rings. The largest absolute Gasteiger partial charge is 0.433 e. The van der Waals surface area contributed by atoms with Gasteiger partial charge >= 0.3 is 6.18 Å². The van der Waals surface area contributed by atoms with Crippen molar-refractivity contribution in [1.29, 1.82) is 0 Å². The number of halogens is 6. The van der Waals surface area contributed by atoms with Crippen molar-refractivity contribution in [2.75, 3.05) is 0 Å². The van der Waals surface area contributed by atoms with Gasteiger partial charge in [-0.1, -0.05) is 0 Å². The molecule has 0 aliphatic rings. The van der Waals surface area contributed by atoms with Gasteiger partial charge < -0.3 is 5.73 Å². The highest BCUT2D eigenvalue weighted by Crippen LogP contribution is 2.31. The van der Waals surface area contributed by atoms with Crippen LogP contribution in [0.4, 0.5) is 26.3 Å². The van der Waals surface area contributed by atoms with Crippen molar-refractivity contribution in [2.45, 2.75) is 19.1 Å². The van der Waals surface area contributed by atoms with Crippen LogP contribution in [0.25, 0.3) is 0 Å². The minimum absolute atomic E-state index is 0.321. The number of nitrogens with two attached hydrogens (primary N) is 1. The summed E-state index contributed by atoms with van der Waals surface area (Å²) in [4.78, 5) is 2.55. The topological polar surface area (TPSA) is 38.9 Å². The third-order valence-electron chi connectivity index (χ3n) is 1.78. The Hall–Kier alpha value is -1.31. The quantitative estimate of drug-likeness (QED) is 0.812. The Morgan fingerprint density at radius 1 is 1.31 bits per heavy atom. The van der Waals surface area contributed by atoms with Gasteiger partial charge in [0.2, 0.25) is 0 Å². The van der Waals surface area contributed by atoms with E-state index in [0.717, 1.165) is 0 Å². The first kappa shape index (κ1) is 12.8. The van der Waals surface area contributed by atoms with Crippen molar-refractivity contribution in [3.63, 3.8) is 0 Å². The van der Waals surface area contributed by atoms with Crippen LogP contribution in [0.2, 0.25) is 0 Å². The first-order chi connectivity index (χ1) is 7.27. The molecule has 1 rings (SSSR count). The Balaban J connectivity index is 3.40. The Labute approximate surface area is 86.1 Å². The van der Waals surface area contributed by atoms with Gasteiger partial charge in [-0.05, 0) is 6.07 Å². The van der Waals surface area contributed by atoms with Crippen LogP contribution >= 0.6 is 0 Å². The van der Waals surface area contributed by atoms with Crippen molar-refractivity contribution in [3.8, 4) is 0 Å². The maximum absolute atomic E-state index is 13.1. The monoisotopic (exact) mass is 244 g/mol. The highest BCUT2D eigenvalue weighted by molar-refractivity contribution is 5.26. The van der Waals surface area contributed by atoms with Gasteiger partial charge in [-0.2, -0.15) is 13.2 Å². The molecule has 8 heteroatoms. The third kappa shape index (κ3) is 2.43. The van der Waals surface area contributed by atoms with Crippen LogP contribution in [0.5, 0.6) is 0 Å². The molecule has 0 amide bonds. The van der Waals surface area contributed by atoms with Crippen molar-refractivity contribution in [3.05, 3.63) is 28.8 Å². The number of aromatic nitrogens is 1. The summed E-state index contributed by atoms with van der Waals surface area (Å²) in [6.07, 6.45) is -8.34. The average Bonchev–Trinajstić information content (AvgIpc) is 2.15. The Kier molecular flexibility index (Phi) is 3.41. The number of pyridine rings is 1. The zero-order chi connectivity index (χ0) is 12.5. The molecule has 1 aromatic heterocycles. The van der Waals surface area contributed by atoms with Gasteiger partial charge in [0.1, 0.15) is 11.4 Å². The fourth-order valence-corrected chi connectivity index (χ4v) is 1.04. The smallest absolute Gasteiger partial charge is 0.326 e. The second kappa shape index (κ2) is 4.28. The minimum Gasteiger partial charge on any atom is -0.326 e. The van der Waals surface area contributed by atoms with Gasteiger partial charge in [-0.3, -0.25) is 0 Å². The van der Waals surface area contributed by atoms with Gasteiger partial charge in [-0.25, -0.2) is 18.2 Å². The maximum atomic E-state index is 13.1. The van der Waals surface area contributed by atoms with E-state index in [9.17, 15) is 26.3 Å². The van der Waals surface area contributed by atoms with Gasteiger partial charge in [0.05, 0.1) is 0 Å². The summed E-state index contributed by atoms with van der Waals surface area (Å²) in [7, 11) is 0. The first-order valence-corrected chi connectivity index (χ1v) is 4.02. The van der Waals surface area contributed by atoms with E-state index >= 15 is 0 Å². The molecule has 2 N–H and O–H groups in total. The standard InChI is InChI=1S/C8H6F6N2/c9-5-3(2-15)1-4(8(12,13)14)16-6(5)7(10)11/h1,7H,2,15H2. The molecule has 0 aromatic carbocycles. The van der Waals surface area contributed by atoms with Crippen molar-refractivity contribution in [1.82, 2.24) is 4.98 Å². The average molecular weight is 244 g/mol. The van der Waals surface area contributed by atoms with Gasteiger partial charge in [0.25, 0.3) is 6.43 Å². The SMILES string of the molecule is NCc1cc(C(F)(F)F)nc(C(F)F)c1F. The molecule has 0 aliphatic carbocycles. The Morgan fingerprint density at radius 3 is 2.25 bits per heavy atom. The summed E-state index contributed by atoms with van der Waals surface area (Å²) < 4.78 is 74.1. The number of hydrogen-bond acceptors (Lipinski definition) is 2. The van der Waals surface area contributed by atoms with Crippen LogP contribution in [0.15, 0.2) is 6.07 Å². The van der Waals surface area contributed by atoms with E-state index < -0.39 is 41.9 Å². The van der Waals surface area contributed by atoms with Crippen molar-refractivity contribution >= 4 is 0 Å². The van der Waals surface area contributed by atoms with E-state index in [0.29, 0.717) is 6.07 Å². The molecule has 0 saturated heterocycles. The molecule has 0 fully saturated rings.